The number of piperazine rings is 1. The number of piperidine rings is 1. The first kappa shape index (κ1) is 25.6. The van der Waals surface area contributed by atoms with Crippen molar-refractivity contribution in [2.75, 3.05) is 39.3 Å². The summed E-state index contributed by atoms with van der Waals surface area (Å²) >= 11 is 3.74. The van der Waals surface area contributed by atoms with E-state index < -0.39 is 0 Å². The van der Waals surface area contributed by atoms with Crippen LogP contribution in [-0.2, 0) is 4.79 Å². The number of amides is 2. The maximum absolute atomic E-state index is 13.6. The molecule has 2 aliphatic heterocycles. The van der Waals surface area contributed by atoms with Crippen LogP contribution in [0.1, 0.15) is 69.9 Å². The molecular formula is C28H39BrN4O3. The summed E-state index contributed by atoms with van der Waals surface area (Å²) in [5, 5.41) is 1.02. The fraction of sp³-hybridized carbons (Fsp3) is 0.643. The van der Waals surface area contributed by atoms with Gasteiger partial charge < -0.3 is 24.0 Å². The molecule has 0 bridgehead atoms. The van der Waals surface area contributed by atoms with Crippen LogP contribution < -0.4 is 4.74 Å². The highest BCUT2D eigenvalue weighted by Crippen LogP contribution is 2.36. The van der Waals surface area contributed by atoms with E-state index in [1.54, 1.807) is 0 Å². The third-order valence-corrected chi connectivity index (χ3v) is 8.55. The highest BCUT2D eigenvalue weighted by atomic mass is 79.9. The number of hydrogen-bond acceptors (Lipinski definition) is 4. The van der Waals surface area contributed by atoms with Gasteiger partial charge in [-0.2, -0.15) is 0 Å². The van der Waals surface area contributed by atoms with Gasteiger partial charge in [0.2, 0.25) is 5.91 Å². The zero-order chi connectivity index (χ0) is 25.6. The smallest absolute Gasteiger partial charge is 0.270 e. The Labute approximate surface area is 222 Å². The van der Waals surface area contributed by atoms with Crippen molar-refractivity contribution < 1.29 is 14.3 Å². The number of hydrogen-bond donors (Lipinski definition) is 0. The molecule has 1 aromatic heterocycles. The first-order valence-corrected chi connectivity index (χ1v) is 14.4. The average Bonchev–Trinajstić information content (AvgIpc) is 3.65. The molecule has 3 fully saturated rings. The summed E-state index contributed by atoms with van der Waals surface area (Å²) in [7, 11) is 0. The van der Waals surface area contributed by atoms with Crippen molar-refractivity contribution in [1.82, 2.24) is 19.3 Å². The van der Waals surface area contributed by atoms with Crippen LogP contribution in [0.4, 0.5) is 0 Å². The van der Waals surface area contributed by atoms with E-state index in [0.29, 0.717) is 37.9 Å². The van der Waals surface area contributed by atoms with E-state index in [1.807, 2.05) is 15.9 Å². The lowest BCUT2D eigenvalue weighted by molar-refractivity contribution is -0.134. The summed E-state index contributed by atoms with van der Waals surface area (Å²) in [6, 6.07) is 6.90. The molecule has 2 saturated heterocycles. The van der Waals surface area contributed by atoms with Crippen LogP contribution in [0.2, 0.25) is 0 Å². The number of aromatic nitrogens is 1. The van der Waals surface area contributed by atoms with Crippen LogP contribution in [0, 0.1) is 5.92 Å². The van der Waals surface area contributed by atoms with E-state index in [4.69, 9.17) is 4.74 Å². The third-order valence-electron chi connectivity index (χ3n) is 7.93. The van der Waals surface area contributed by atoms with Crippen LogP contribution in [-0.4, -0.2) is 82.5 Å². The highest BCUT2D eigenvalue weighted by Gasteiger charge is 2.35. The fourth-order valence-corrected chi connectivity index (χ4v) is 6.04. The fourth-order valence-electron chi connectivity index (χ4n) is 5.61. The molecule has 1 aromatic carbocycles. The van der Waals surface area contributed by atoms with Crippen molar-refractivity contribution in [3.8, 4) is 5.75 Å². The second-order valence-electron chi connectivity index (χ2n) is 11.2. The second-order valence-corrected chi connectivity index (χ2v) is 12.0. The topological polar surface area (TPSA) is 58.0 Å². The molecule has 3 heterocycles. The standard InChI is InChI=1S/C28H39BrN4O3/c1-18(2)30-9-7-22(8-10-30)36-26-16-21-15-25(33(19(3)4)24(21)17-23(26)29)28(35)32-13-11-31(12-14-32)27(34)20-5-6-20/h15-20,22H,5-14H2,1-4H3. The van der Waals surface area contributed by atoms with Crippen LogP contribution >= 0.6 is 15.9 Å². The highest BCUT2D eigenvalue weighted by molar-refractivity contribution is 9.10. The van der Waals surface area contributed by atoms with Gasteiger partial charge in [0.25, 0.3) is 5.91 Å². The Morgan fingerprint density at radius 3 is 2.08 bits per heavy atom. The predicted molar refractivity (Wildman–Crippen MR) is 146 cm³/mol. The van der Waals surface area contributed by atoms with E-state index in [2.05, 4.69) is 65.2 Å². The Bertz CT molecular complexity index is 1120. The second kappa shape index (κ2) is 10.4. The summed E-state index contributed by atoms with van der Waals surface area (Å²) in [5.74, 6) is 1.38. The number of fused-ring (bicyclic) bond motifs is 1. The largest absolute Gasteiger partial charge is 0.489 e. The molecular weight excluding hydrogens is 520 g/mol. The molecule has 0 N–H and O–H groups in total. The molecule has 0 radical (unpaired) electrons. The normalized spacial score (nSPS) is 20.1. The zero-order valence-electron chi connectivity index (χ0n) is 22.0. The van der Waals surface area contributed by atoms with Crippen LogP contribution in [0.25, 0.3) is 10.9 Å². The van der Waals surface area contributed by atoms with Gasteiger partial charge in [-0.3, -0.25) is 9.59 Å². The first-order chi connectivity index (χ1) is 17.2. The lowest BCUT2D eigenvalue weighted by Crippen LogP contribution is -2.51. The summed E-state index contributed by atoms with van der Waals surface area (Å²) < 4.78 is 9.51. The SMILES string of the molecule is CC(C)N1CCC(Oc2cc3cc(C(=O)N4CCN(C(=O)C5CC5)CC4)n(C(C)C)c3cc2Br)CC1. The first-order valence-electron chi connectivity index (χ1n) is 13.6. The molecule has 2 aromatic rings. The number of carbonyl (C=O) groups is 2. The zero-order valence-corrected chi connectivity index (χ0v) is 23.6. The van der Waals surface area contributed by atoms with Gasteiger partial charge in [0.15, 0.2) is 0 Å². The van der Waals surface area contributed by atoms with Crippen molar-refractivity contribution in [1.29, 1.82) is 0 Å². The molecule has 1 aliphatic carbocycles. The van der Waals surface area contributed by atoms with Gasteiger partial charge in [0, 0.05) is 62.7 Å². The van der Waals surface area contributed by atoms with Crippen LogP contribution in [0.5, 0.6) is 5.75 Å². The lowest BCUT2D eigenvalue weighted by atomic mass is 10.1. The molecule has 5 rings (SSSR count). The average molecular weight is 560 g/mol. The number of halogens is 1. The molecule has 1 saturated carbocycles. The maximum Gasteiger partial charge on any atom is 0.270 e. The van der Waals surface area contributed by atoms with E-state index in [1.165, 1.54) is 0 Å². The molecule has 3 aliphatic rings. The molecule has 0 unspecified atom stereocenters. The number of rotatable bonds is 6. The van der Waals surface area contributed by atoms with E-state index in [9.17, 15) is 9.59 Å². The summed E-state index contributed by atoms with van der Waals surface area (Å²) in [5.41, 5.74) is 1.74. The number of nitrogens with zero attached hydrogens (tertiary/aromatic N) is 4. The molecule has 2 amide bonds. The summed E-state index contributed by atoms with van der Waals surface area (Å²) in [4.78, 5) is 32.4. The molecule has 7 nitrogen and oxygen atoms in total. The summed E-state index contributed by atoms with van der Waals surface area (Å²) in [6.07, 6.45) is 4.29. The van der Waals surface area contributed by atoms with Crippen molar-refractivity contribution >= 4 is 38.6 Å². The molecule has 8 heteroatoms. The minimum atomic E-state index is 0.0399. The quantitative estimate of drug-likeness (QED) is 0.504. The monoisotopic (exact) mass is 558 g/mol. The van der Waals surface area contributed by atoms with Gasteiger partial charge in [-0.05, 0) is 87.5 Å². The minimum Gasteiger partial charge on any atom is -0.489 e. The van der Waals surface area contributed by atoms with Gasteiger partial charge in [-0.1, -0.05) is 0 Å². The summed E-state index contributed by atoms with van der Waals surface area (Å²) in [6.45, 7) is 13.3. The predicted octanol–water partition coefficient (Wildman–Crippen LogP) is 4.93. The van der Waals surface area contributed by atoms with Crippen molar-refractivity contribution in [3.05, 3.63) is 28.4 Å². The Morgan fingerprint density at radius 1 is 0.861 bits per heavy atom. The molecule has 196 valence electrons. The minimum absolute atomic E-state index is 0.0399. The van der Waals surface area contributed by atoms with Gasteiger partial charge in [0.05, 0.1) is 9.99 Å². The Kier molecular flexibility index (Phi) is 7.37. The van der Waals surface area contributed by atoms with Gasteiger partial charge >= 0.3 is 0 Å². The Morgan fingerprint density at radius 2 is 1.50 bits per heavy atom. The lowest BCUT2D eigenvalue weighted by Gasteiger charge is -2.35. The Balaban J connectivity index is 1.33. The van der Waals surface area contributed by atoms with Gasteiger partial charge in [-0.25, -0.2) is 0 Å². The van der Waals surface area contributed by atoms with E-state index >= 15 is 0 Å². The van der Waals surface area contributed by atoms with Gasteiger partial charge in [-0.15, -0.1) is 0 Å². The Hall–Kier alpha value is -2.06. The number of likely N-dealkylation sites (tertiary alicyclic amines) is 1. The number of benzene rings is 1. The number of ether oxygens (including phenoxy) is 1. The molecule has 0 spiro atoms. The maximum atomic E-state index is 13.6. The van der Waals surface area contributed by atoms with E-state index in [-0.39, 0.29) is 29.9 Å². The third kappa shape index (κ3) is 5.17. The molecule has 0 atom stereocenters. The van der Waals surface area contributed by atoms with Crippen LogP contribution in [0.15, 0.2) is 22.7 Å². The number of carbonyl (C=O) groups excluding carboxylic acids is 2. The molecule has 36 heavy (non-hydrogen) atoms. The van der Waals surface area contributed by atoms with Crippen molar-refractivity contribution in [2.45, 2.75) is 71.6 Å². The van der Waals surface area contributed by atoms with E-state index in [0.717, 1.165) is 59.9 Å². The van der Waals surface area contributed by atoms with Crippen LogP contribution in [0.3, 0.4) is 0 Å². The van der Waals surface area contributed by atoms with Crippen molar-refractivity contribution in [2.24, 2.45) is 5.92 Å². The van der Waals surface area contributed by atoms with Gasteiger partial charge in [0.1, 0.15) is 17.5 Å². The van der Waals surface area contributed by atoms with Crippen molar-refractivity contribution in [3.63, 3.8) is 0 Å².